The SMILES string of the molecule is C#CC12CC(N)(CO1)C2.Cl. The van der Waals surface area contributed by atoms with E-state index in [-0.39, 0.29) is 23.5 Å². The van der Waals surface area contributed by atoms with E-state index in [2.05, 4.69) is 5.92 Å². The van der Waals surface area contributed by atoms with E-state index in [0.29, 0.717) is 6.61 Å². The van der Waals surface area contributed by atoms with Crippen LogP contribution in [0.1, 0.15) is 12.8 Å². The Kier molecular flexibility index (Phi) is 1.48. The van der Waals surface area contributed by atoms with E-state index in [1.54, 1.807) is 0 Å². The average Bonchev–Trinajstić information content (AvgIpc) is 2.20. The summed E-state index contributed by atoms with van der Waals surface area (Å²) >= 11 is 0. The lowest BCUT2D eigenvalue weighted by Crippen LogP contribution is -2.54. The molecule has 0 atom stereocenters. The average molecular weight is 160 g/mol. The molecule has 0 amide bonds. The quantitative estimate of drug-likeness (QED) is 0.516. The molecule has 3 aliphatic rings. The predicted molar refractivity (Wildman–Crippen MR) is 40.9 cm³/mol. The van der Waals surface area contributed by atoms with Gasteiger partial charge in [0.25, 0.3) is 0 Å². The van der Waals surface area contributed by atoms with Crippen molar-refractivity contribution < 1.29 is 4.74 Å². The predicted octanol–water partition coefficient (Wildman–Crippen LogP) is 0.302. The fourth-order valence-corrected chi connectivity index (χ4v) is 1.72. The van der Waals surface area contributed by atoms with E-state index >= 15 is 0 Å². The number of hydrogen-bond donors (Lipinski definition) is 1. The first-order chi connectivity index (χ1) is 4.18. The van der Waals surface area contributed by atoms with Gasteiger partial charge in [-0.15, -0.1) is 18.8 Å². The maximum Gasteiger partial charge on any atom is 0.132 e. The molecule has 2 nitrogen and oxygen atoms in total. The van der Waals surface area contributed by atoms with Gasteiger partial charge in [0.2, 0.25) is 0 Å². The van der Waals surface area contributed by atoms with Crippen LogP contribution in [-0.4, -0.2) is 17.7 Å². The number of nitrogens with two attached hydrogens (primary N) is 1. The second kappa shape index (κ2) is 1.88. The van der Waals surface area contributed by atoms with Crippen LogP contribution in [0.25, 0.3) is 0 Å². The van der Waals surface area contributed by atoms with Crippen molar-refractivity contribution in [3.05, 3.63) is 0 Å². The van der Waals surface area contributed by atoms with Crippen LogP contribution in [0, 0.1) is 12.3 Å². The summed E-state index contributed by atoms with van der Waals surface area (Å²) < 4.78 is 5.31. The summed E-state index contributed by atoms with van der Waals surface area (Å²) in [5.41, 5.74) is 5.47. The van der Waals surface area contributed by atoms with Crippen LogP contribution in [0.4, 0.5) is 0 Å². The number of rotatable bonds is 0. The fraction of sp³-hybridized carbons (Fsp3) is 0.714. The highest BCUT2D eigenvalue weighted by Gasteiger charge is 2.59. The van der Waals surface area contributed by atoms with Gasteiger partial charge in [-0.1, -0.05) is 5.92 Å². The Labute approximate surface area is 66.5 Å². The minimum absolute atomic E-state index is 0. The van der Waals surface area contributed by atoms with E-state index in [1.807, 2.05) is 0 Å². The van der Waals surface area contributed by atoms with Crippen molar-refractivity contribution in [2.24, 2.45) is 5.73 Å². The highest BCUT2D eigenvalue weighted by atomic mass is 35.5. The second-order valence-electron chi connectivity index (χ2n) is 3.14. The van der Waals surface area contributed by atoms with Crippen LogP contribution in [0.3, 0.4) is 0 Å². The van der Waals surface area contributed by atoms with E-state index in [4.69, 9.17) is 16.9 Å². The lowest BCUT2D eigenvalue weighted by atomic mass is 9.70. The Morgan fingerprint density at radius 1 is 1.50 bits per heavy atom. The lowest BCUT2D eigenvalue weighted by molar-refractivity contribution is 0.0553. The number of ether oxygens (including phenoxy) is 1. The topological polar surface area (TPSA) is 35.2 Å². The molecule has 0 aromatic carbocycles. The van der Waals surface area contributed by atoms with Crippen molar-refractivity contribution in [2.75, 3.05) is 6.61 Å². The largest absolute Gasteiger partial charge is 0.360 e. The minimum Gasteiger partial charge on any atom is -0.360 e. The third-order valence-electron chi connectivity index (χ3n) is 2.17. The molecule has 2 saturated heterocycles. The molecule has 3 rings (SSSR count). The first-order valence-electron chi connectivity index (χ1n) is 3.09. The number of halogens is 1. The first kappa shape index (κ1) is 7.87. The van der Waals surface area contributed by atoms with E-state index in [1.165, 1.54) is 0 Å². The molecule has 1 saturated carbocycles. The maximum atomic E-state index is 5.78. The van der Waals surface area contributed by atoms with Gasteiger partial charge in [0.15, 0.2) is 0 Å². The van der Waals surface area contributed by atoms with Gasteiger partial charge in [-0.2, -0.15) is 0 Å². The Balaban J connectivity index is 0.000000500. The van der Waals surface area contributed by atoms with Crippen molar-refractivity contribution in [1.82, 2.24) is 0 Å². The fourth-order valence-electron chi connectivity index (χ4n) is 1.72. The summed E-state index contributed by atoms with van der Waals surface area (Å²) in [6.07, 6.45) is 6.95. The third-order valence-corrected chi connectivity index (χ3v) is 2.17. The molecule has 3 fully saturated rings. The van der Waals surface area contributed by atoms with Gasteiger partial charge in [0, 0.05) is 18.4 Å². The molecule has 2 bridgehead atoms. The Morgan fingerprint density at radius 2 is 2.10 bits per heavy atom. The van der Waals surface area contributed by atoms with Gasteiger partial charge < -0.3 is 10.5 Å². The van der Waals surface area contributed by atoms with Crippen molar-refractivity contribution >= 4 is 12.4 Å². The Hall–Kier alpha value is -0.230. The molecule has 2 aliphatic heterocycles. The van der Waals surface area contributed by atoms with Crippen LogP contribution >= 0.6 is 12.4 Å². The third kappa shape index (κ3) is 0.751. The molecule has 0 radical (unpaired) electrons. The summed E-state index contributed by atoms with van der Waals surface area (Å²) in [5, 5.41) is 0. The molecule has 2 heterocycles. The zero-order chi connectivity index (χ0) is 6.54. The lowest BCUT2D eigenvalue weighted by Gasteiger charge is -2.37. The molecule has 0 spiro atoms. The molecule has 0 aromatic rings. The van der Waals surface area contributed by atoms with E-state index < -0.39 is 0 Å². The monoisotopic (exact) mass is 159 g/mol. The van der Waals surface area contributed by atoms with Crippen molar-refractivity contribution in [3.8, 4) is 12.3 Å². The molecular formula is C7H10ClNO. The number of terminal acetylenes is 1. The van der Waals surface area contributed by atoms with Crippen molar-refractivity contribution in [2.45, 2.75) is 24.0 Å². The first-order valence-corrected chi connectivity index (χ1v) is 3.09. The number of hydrogen-bond acceptors (Lipinski definition) is 2. The highest BCUT2D eigenvalue weighted by molar-refractivity contribution is 5.85. The standard InChI is InChI=1S/C7H9NO.ClH/c1-2-7-3-6(8,4-7)5-9-7;/h1H,3-5,8H2;1H. The Morgan fingerprint density at radius 3 is 2.30 bits per heavy atom. The molecule has 1 aliphatic carbocycles. The van der Waals surface area contributed by atoms with Gasteiger partial charge in [0.1, 0.15) is 5.60 Å². The molecular weight excluding hydrogens is 150 g/mol. The van der Waals surface area contributed by atoms with Crippen molar-refractivity contribution in [1.29, 1.82) is 0 Å². The summed E-state index contributed by atoms with van der Waals surface area (Å²) in [5.74, 6) is 2.63. The van der Waals surface area contributed by atoms with E-state index in [9.17, 15) is 0 Å². The minimum atomic E-state index is -0.255. The van der Waals surface area contributed by atoms with Crippen LogP contribution < -0.4 is 5.73 Å². The van der Waals surface area contributed by atoms with Crippen LogP contribution in [-0.2, 0) is 4.74 Å². The maximum absolute atomic E-state index is 5.78. The van der Waals surface area contributed by atoms with Gasteiger partial charge in [-0.25, -0.2) is 0 Å². The van der Waals surface area contributed by atoms with Gasteiger partial charge >= 0.3 is 0 Å². The highest BCUT2D eigenvalue weighted by Crippen LogP contribution is 2.49. The van der Waals surface area contributed by atoms with Crippen LogP contribution in [0.5, 0.6) is 0 Å². The van der Waals surface area contributed by atoms with Gasteiger partial charge in [-0.3, -0.25) is 0 Å². The summed E-state index contributed by atoms with van der Waals surface area (Å²) in [6, 6.07) is 0. The van der Waals surface area contributed by atoms with Gasteiger partial charge in [-0.05, 0) is 0 Å². The second-order valence-corrected chi connectivity index (χ2v) is 3.14. The molecule has 56 valence electrons. The summed E-state index contributed by atoms with van der Waals surface area (Å²) in [7, 11) is 0. The van der Waals surface area contributed by atoms with Crippen LogP contribution in [0.15, 0.2) is 0 Å². The summed E-state index contributed by atoms with van der Waals surface area (Å²) in [6.45, 7) is 0.650. The van der Waals surface area contributed by atoms with Crippen molar-refractivity contribution in [3.63, 3.8) is 0 Å². The number of fused-ring (bicyclic) bond motifs is 1. The normalized spacial score (nSPS) is 48.8. The Bertz CT molecular complexity index is 190. The van der Waals surface area contributed by atoms with E-state index in [0.717, 1.165) is 12.8 Å². The molecule has 0 unspecified atom stereocenters. The molecule has 10 heavy (non-hydrogen) atoms. The zero-order valence-electron chi connectivity index (χ0n) is 5.59. The smallest absolute Gasteiger partial charge is 0.132 e. The molecule has 2 N–H and O–H groups in total. The van der Waals surface area contributed by atoms with Crippen LogP contribution in [0.2, 0.25) is 0 Å². The zero-order valence-corrected chi connectivity index (χ0v) is 6.41. The molecule has 3 heteroatoms. The van der Waals surface area contributed by atoms with Gasteiger partial charge in [0.05, 0.1) is 6.61 Å². The summed E-state index contributed by atoms with van der Waals surface area (Å²) in [4.78, 5) is 0. The molecule has 0 aromatic heterocycles.